The highest BCUT2D eigenvalue weighted by Crippen LogP contribution is 2.46. The maximum atomic E-state index is 14.4. The van der Waals surface area contributed by atoms with E-state index >= 15 is 0 Å². The second-order valence-electron chi connectivity index (χ2n) is 6.85. The highest BCUT2D eigenvalue weighted by Gasteiger charge is 2.51. The molecule has 3 atom stereocenters. The van der Waals surface area contributed by atoms with Gasteiger partial charge in [-0.3, -0.25) is 4.79 Å². The summed E-state index contributed by atoms with van der Waals surface area (Å²) in [6.45, 7) is 5.72. The smallest absolute Gasteiger partial charge is 0.189 e. The molecule has 1 saturated heterocycles. The lowest BCUT2D eigenvalue weighted by atomic mass is 9.71. The SMILES string of the molecule is C=CC[C@@H]1C[C@]2([C@@H](C)Cc3cc(O)c(OC)cc3F)OCOC2=CC1=O. The van der Waals surface area contributed by atoms with Gasteiger partial charge in [0.15, 0.2) is 24.1 Å². The van der Waals surface area contributed by atoms with Crippen LogP contribution in [0.5, 0.6) is 11.5 Å². The first-order chi connectivity index (χ1) is 12.4. The molecule has 0 amide bonds. The van der Waals surface area contributed by atoms with Gasteiger partial charge in [-0.1, -0.05) is 13.0 Å². The van der Waals surface area contributed by atoms with Crippen molar-refractivity contribution in [2.45, 2.75) is 31.8 Å². The number of carbonyl (C=O) groups is 1. The average Bonchev–Trinajstić information content (AvgIpc) is 3.02. The van der Waals surface area contributed by atoms with Crippen LogP contribution in [0.25, 0.3) is 0 Å². The van der Waals surface area contributed by atoms with E-state index in [0.29, 0.717) is 30.6 Å². The maximum Gasteiger partial charge on any atom is 0.189 e. The van der Waals surface area contributed by atoms with Gasteiger partial charge >= 0.3 is 0 Å². The summed E-state index contributed by atoms with van der Waals surface area (Å²) in [5, 5.41) is 9.96. The molecule has 5 nitrogen and oxygen atoms in total. The predicted molar refractivity (Wildman–Crippen MR) is 93.3 cm³/mol. The van der Waals surface area contributed by atoms with E-state index in [-0.39, 0.29) is 35.9 Å². The number of fused-ring (bicyclic) bond motifs is 1. The van der Waals surface area contributed by atoms with Crippen LogP contribution < -0.4 is 4.74 Å². The Hall–Kier alpha value is -2.34. The summed E-state index contributed by atoms with van der Waals surface area (Å²) in [6, 6.07) is 2.54. The first-order valence-corrected chi connectivity index (χ1v) is 8.60. The summed E-state index contributed by atoms with van der Waals surface area (Å²) >= 11 is 0. The number of phenolic OH excluding ortho intramolecular Hbond substituents is 1. The summed E-state index contributed by atoms with van der Waals surface area (Å²) < 4.78 is 30.8. The minimum atomic E-state index is -0.774. The first-order valence-electron chi connectivity index (χ1n) is 8.60. The zero-order chi connectivity index (χ0) is 18.9. The van der Waals surface area contributed by atoms with Crippen molar-refractivity contribution in [3.8, 4) is 11.5 Å². The Morgan fingerprint density at radius 1 is 1.54 bits per heavy atom. The molecule has 0 spiro atoms. The number of rotatable bonds is 6. The summed E-state index contributed by atoms with van der Waals surface area (Å²) in [5.74, 6) is -0.367. The van der Waals surface area contributed by atoms with Gasteiger partial charge in [0.1, 0.15) is 17.2 Å². The van der Waals surface area contributed by atoms with Crippen LogP contribution in [0.4, 0.5) is 4.39 Å². The van der Waals surface area contributed by atoms with Crippen molar-refractivity contribution >= 4 is 5.78 Å². The topological polar surface area (TPSA) is 65.0 Å². The molecule has 26 heavy (non-hydrogen) atoms. The van der Waals surface area contributed by atoms with E-state index in [1.165, 1.54) is 25.3 Å². The summed E-state index contributed by atoms with van der Waals surface area (Å²) in [6.07, 6.45) is 4.56. The maximum absolute atomic E-state index is 14.4. The van der Waals surface area contributed by atoms with Crippen molar-refractivity contribution in [3.05, 3.63) is 48.0 Å². The Morgan fingerprint density at radius 2 is 2.31 bits per heavy atom. The van der Waals surface area contributed by atoms with Gasteiger partial charge < -0.3 is 19.3 Å². The third kappa shape index (κ3) is 3.09. The standard InChI is InChI=1S/C20H23FO5/c1-4-5-13-10-20(19(9-16(13)22)25-11-26-20)12(2)6-14-7-17(23)18(24-3)8-15(14)21/h4,7-9,12-13,23H,1,5-6,10-11H2,2-3H3/t12-,13+,20+/m0/s1. The number of hydrogen-bond donors (Lipinski definition) is 1. The molecule has 6 heteroatoms. The molecule has 0 saturated carbocycles. The van der Waals surface area contributed by atoms with E-state index < -0.39 is 11.4 Å². The lowest BCUT2D eigenvalue weighted by Crippen LogP contribution is -2.45. The van der Waals surface area contributed by atoms with Crippen molar-refractivity contribution in [2.24, 2.45) is 11.8 Å². The quantitative estimate of drug-likeness (QED) is 0.785. The van der Waals surface area contributed by atoms with E-state index in [0.717, 1.165) is 0 Å². The van der Waals surface area contributed by atoms with Gasteiger partial charge in [-0.2, -0.15) is 0 Å². The first kappa shape index (κ1) is 18.5. The van der Waals surface area contributed by atoms with Gasteiger partial charge in [0.25, 0.3) is 0 Å². The van der Waals surface area contributed by atoms with Crippen LogP contribution in [0.1, 0.15) is 25.3 Å². The lowest BCUT2D eigenvalue weighted by Gasteiger charge is -2.38. The fourth-order valence-corrected chi connectivity index (χ4v) is 3.82. The fraction of sp³-hybridized carbons (Fsp3) is 0.450. The summed E-state index contributed by atoms with van der Waals surface area (Å²) in [7, 11) is 1.37. The lowest BCUT2D eigenvalue weighted by molar-refractivity contribution is -0.123. The van der Waals surface area contributed by atoms with Crippen molar-refractivity contribution in [1.82, 2.24) is 0 Å². The van der Waals surface area contributed by atoms with Crippen LogP contribution in [0.3, 0.4) is 0 Å². The van der Waals surface area contributed by atoms with Gasteiger partial charge in [0, 0.05) is 18.1 Å². The number of ketones is 1. The molecule has 1 aromatic carbocycles. The Balaban J connectivity index is 1.89. The van der Waals surface area contributed by atoms with E-state index in [1.54, 1.807) is 6.08 Å². The molecular formula is C20H23FO5. The molecular weight excluding hydrogens is 339 g/mol. The van der Waals surface area contributed by atoms with Gasteiger partial charge in [-0.25, -0.2) is 4.39 Å². The van der Waals surface area contributed by atoms with E-state index in [9.17, 15) is 14.3 Å². The summed E-state index contributed by atoms with van der Waals surface area (Å²) in [5.41, 5.74) is -0.416. The molecule has 140 valence electrons. The van der Waals surface area contributed by atoms with Crippen LogP contribution in [0.15, 0.2) is 36.6 Å². The van der Waals surface area contributed by atoms with Gasteiger partial charge in [0.2, 0.25) is 0 Å². The fourth-order valence-electron chi connectivity index (χ4n) is 3.82. The molecule has 0 unspecified atom stereocenters. The number of halogens is 1. The molecule has 0 aromatic heterocycles. The highest BCUT2D eigenvalue weighted by molar-refractivity contribution is 5.93. The molecule has 0 radical (unpaired) electrons. The molecule has 1 fully saturated rings. The normalized spacial score (nSPS) is 25.9. The second-order valence-corrected chi connectivity index (χ2v) is 6.85. The molecule has 1 aliphatic carbocycles. The second kappa shape index (κ2) is 7.11. The van der Waals surface area contributed by atoms with Crippen molar-refractivity contribution < 1.29 is 28.5 Å². The predicted octanol–water partition coefficient (Wildman–Crippen LogP) is 3.51. The third-order valence-electron chi connectivity index (χ3n) is 5.29. The van der Waals surface area contributed by atoms with E-state index in [4.69, 9.17) is 14.2 Å². The zero-order valence-corrected chi connectivity index (χ0v) is 15.0. The summed E-state index contributed by atoms with van der Waals surface area (Å²) in [4.78, 5) is 12.3. The molecule has 3 rings (SSSR count). The molecule has 1 heterocycles. The molecule has 1 N–H and O–H groups in total. The molecule has 0 bridgehead atoms. The zero-order valence-electron chi connectivity index (χ0n) is 15.0. The van der Waals surface area contributed by atoms with Crippen LogP contribution in [-0.4, -0.2) is 30.4 Å². The molecule has 2 aliphatic rings. The van der Waals surface area contributed by atoms with Crippen LogP contribution in [-0.2, 0) is 20.7 Å². The number of phenols is 1. The number of allylic oxidation sites excluding steroid dienone is 2. The number of methoxy groups -OCH3 is 1. The highest BCUT2D eigenvalue weighted by atomic mass is 19.1. The number of ether oxygens (including phenoxy) is 3. The Bertz CT molecular complexity index is 757. The van der Waals surface area contributed by atoms with Crippen LogP contribution >= 0.6 is 0 Å². The van der Waals surface area contributed by atoms with E-state index in [2.05, 4.69) is 6.58 Å². The number of benzene rings is 1. The van der Waals surface area contributed by atoms with Crippen molar-refractivity contribution in [1.29, 1.82) is 0 Å². The number of carbonyl (C=O) groups excluding carboxylic acids is 1. The van der Waals surface area contributed by atoms with E-state index in [1.807, 2.05) is 6.92 Å². The van der Waals surface area contributed by atoms with Gasteiger partial charge in [-0.15, -0.1) is 6.58 Å². The number of hydrogen-bond acceptors (Lipinski definition) is 5. The monoisotopic (exact) mass is 362 g/mol. The van der Waals surface area contributed by atoms with Gasteiger partial charge in [0.05, 0.1) is 7.11 Å². The minimum absolute atomic E-state index is 0.00139. The number of aromatic hydroxyl groups is 1. The van der Waals surface area contributed by atoms with Crippen LogP contribution in [0, 0.1) is 17.7 Å². The van der Waals surface area contributed by atoms with Crippen molar-refractivity contribution in [2.75, 3.05) is 13.9 Å². The Labute approximate surface area is 152 Å². The van der Waals surface area contributed by atoms with Crippen LogP contribution in [0.2, 0.25) is 0 Å². The Kier molecular flexibility index (Phi) is 5.05. The third-order valence-corrected chi connectivity index (χ3v) is 5.29. The minimum Gasteiger partial charge on any atom is -0.504 e. The largest absolute Gasteiger partial charge is 0.504 e. The molecule has 1 aliphatic heterocycles. The molecule has 1 aromatic rings. The van der Waals surface area contributed by atoms with Crippen molar-refractivity contribution in [3.63, 3.8) is 0 Å². The van der Waals surface area contributed by atoms with Gasteiger partial charge in [-0.05, 0) is 36.8 Å². The average molecular weight is 362 g/mol. The Morgan fingerprint density at radius 3 is 3.00 bits per heavy atom.